The van der Waals surface area contributed by atoms with Crippen LogP contribution in [0.1, 0.15) is 29.6 Å². The standard InChI is InChI=1S/C17H23N3O4/c1-18-15(21)11-23-14-9-17(24-10-14)5-2-8-20(12-17)16(22)13-3-6-19-7-4-13/h3-4,6-7,14H,2,5,8-12H2,1H3,(H,18,21)/t14-,17-/m1/s1. The first-order chi connectivity index (χ1) is 11.6. The third-order valence-corrected chi connectivity index (χ3v) is 4.66. The van der Waals surface area contributed by atoms with Gasteiger partial charge in [-0.15, -0.1) is 0 Å². The molecule has 130 valence electrons. The van der Waals surface area contributed by atoms with Crippen LogP contribution in [0.15, 0.2) is 24.5 Å². The van der Waals surface area contributed by atoms with Gasteiger partial charge in [-0.1, -0.05) is 0 Å². The van der Waals surface area contributed by atoms with Gasteiger partial charge in [-0.05, 0) is 25.0 Å². The maximum absolute atomic E-state index is 12.6. The Morgan fingerprint density at radius 3 is 3.00 bits per heavy atom. The van der Waals surface area contributed by atoms with Crippen molar-refractivity contribution in [2.45, 2.75) is 31.0 Å². The van der Waals surface area contributed by atoms with Gasteiger partial charge in [-0.2, -0.15) is 0 Å². The average molecular weight is 333 g/mol. The van der Waals surface area contributed by atoms with Crippen LogP contribution in [-0.2, 0) is 14.3 Å². The van der Waals surface area contributed by atoms with Crippen LogP contribution >= 0.6 is 0 Å². The van der Waals surface area contributed by atoms with E-state index in [2.05, 4.69) is 10.3 Å². The second-order valence-electron chi connectivity index (χ2n) is 6.37. The molecule has 2 aliphatic heterocycles. The minimum absolute atomic E-state index is 0.00908. The highest BCUT2D eigenvalue weighted by atomic mass is 16.6. The largest absolute Gasteiger partial charge is 0.370 e. The van der Waals surface area contributed by atoms with Crippen molar-refractivity contribution >= 4 is 11.8 Å². The monoisotopic (exact) mass is 333 g/mol. The van der Waals surface area contributed by atoms with Gasteiger partial charge in [-0.25, -0.2) is 0 Å². The SMILES string of the molecule is CNC(=O)CO[C@H]1CO[C@]2(CCCN(C(=O)c3ccncc3)C2)C1. The molecule has 2 atom stereocenters. The Kier molecular flexibility index (Phi) is 5.11. The van der Waals surface area contributed by atoms with E-state index in [1.807, 2.05) is 4.90 Å². The predicted molar refractivity (Wildman–Crippen MR) is 86.5 cm³/mol. The molecular weight excluding hydrogens is 310 g/mol. The molecule has 3 rings (SSSR count). The summed E-state index contributed by atoms with van der Waals surface area (Å²) in [5.74, 6) is -0.135. The lowest BCUT2D eigenvalue weighted by Crippen LogP contribution is -2.50. The number of hydrogen-bond acceptors (Lipinski definition) is 5. The zero-order valence-corrected chi connectivity index (χ0v) is 13.9. The number of ether oxygens (including phenoxy) is 2. The highest BCUT2D eigenvalue weighted by Gasteiger charge is 2.45. The molecule has 0 unspecified atom stereocenters. The number of nitrogens with zero attached hydrogens (tertiary/aromatic N) is 2. The molecule has 2 aliphatic rings. The number of pyridine rings is 1. The Labute approximate surface area is 141 Å². The van der Waals surface area contributed by atoms with Crippen LogP contribution in [-0.4, -0.2) is 66.8 Å². The number of rotatable bonds is 4. The van der Waals surface area contributed by atoms with Crippen molar-refractivity contribution in [1.82, 2.24) is 15.2 Å². The summed E-state index contributed by atoms with van der Waals surface area (Å²) in [5, 5.41) is 2.54. The fourth-order valence-electron chi connectivity index (χ4n) is 3.41. The number of likely N-dealkylation sites (tertiary alicyclic amines) is 1. The summed E-state index contributed by atoms with van der Waals surface area (Å²) in [5.41, 5.74) is 0.293. The van der Waals surface area contributed by atoms with E-state index < -0.39 is 0 Å². The number of nitrogens with one attached hydrogen (secondary N) is 1. The number of hydrogen-bond donors (Lipinski definition) is 1. The number of amides is 2. The molecule has 3 heterocycles. The molecule has 0 radical (unpaired) electrons. The fourth-order valence-corrected chi connectivity index (χ4v) is 3.41. The third-order valence-electron chi connectivity index (χ3n) is 4.66. The van der Waals surface area contributed by atoms with E-state index in [1.54, 1.807) is 31.6 Å². The van der Waals surface area contributed by atoms with Crippen LogP contribution in [0.2, 0.25) is 0 Å². The molecule has 0 aliphatic carbocycles. The molecule has 0 bridgehead atoms. The average Bonchev–Trinajstić information content (AvgIpc) is 3.02. The van der Waals surface area contributed by atoms with E-state index in [4.69, 9.17) is 9.47 Å². The molecule has 1 spiro atoms. The van der Waals surface area contributed by atoms with Crippen molar-refractivity contribution in [3.05, 3.63) is 30.1 Å². The van der Waals surface area contributed by atoms with Crippen LogP contribution in [0.3, 0.4) is 0 Å². The molecule has 7 heteroatoms. The Bertz CT molecular complexity index is 595. The minimum Gasteiger partial charge on any atom is -0.370 e. The normalized spacial score (nSPS) is 26.5. The van der Waals surface area contributed by atoms with Gasteiger partial charge in [0.25, 0.3) is 5.91 Å². The van der Waals surface area contributed by atoms with Crippen molar-refractivity contribution in [2.24, 2.45) is 0 Å². The first-order valence-corrected chi connectivity index (χ1v) is 8.27. The summed E-state index contributed by atoms with van der Waals surface area (Å²) in [7, 11) is 1.59. The van der Waals surface area contributed by atoms with Crippen LogP contribution in [0.25, 0.3) is 0 Å². The molecule has 2 saturated heterocycles. The lowest BCUT2D eigenvalue weighted by molar-refractivity contribution is -0.127. The second kappa shape index (κ2) is 7.27. The van der Waals surface area contributed by atoms with Gasteiger partial charge in [0.05, 0.1) is 24.9 Å². The number of carbonyl (C=O) groups is 2. The molecule has 1 N–H and O–H groups in total. The quantitative estimate of drug-likeness (QED) is 0.873. The Hall–Kier alpha value is -1.99. The number of aromatic nitrogens is 1. The second-order valence-corrected chi connectivity index (χ2v) is 6.37. The Morgan fingerprint density at radius 1 is 1.46 bits per heavy atom. The van der Waals surface area contributed by atoms with E-state index in [1.165, 1.54) is 0 Å². The topological polar surface area (TPSA) is 80.8 Å². The lowest BCUT2D eigenvalue weighted by Gasteiger charge is -2.39. The van der Waals surface area contributed by atoms with Crippen molar-refractivity contribution in [3.63, 3.8) is 0 Å². The molecule has 0 saturated carbocycles. The fraction of sp³-hybridized carbons (Fsp3) is 0.588. The van der Waals surface area contributed by atoms with E-state index in [-0.39, 0.29) is 30.1 Å². The number of likely N-dealkylation sites (N-methyl/N-ethyl adjacent to an activating group) is 1. The van der Waals surface area contributed by atoms with E-state index in [0.29, 0.717) is 25.1 Å². The van der Waals surface area contributed by atoms with Gasteiger partial charge < -0.3 is 19.7 Å². The molecule has 2 fully saturated rings. The van der Waals surface area contributed by atoms with E-state index in [9.17, 15) is 9.59 Å². The first-order valence-electron chi connectivity index (χ1n) is 8.27. The maximum Gasteiger partial charge on any atom is 0.254 e. The summed E-state index contributed by atoms with van der Waals surface area (Å²) in [6, 6.07) is 3.46. The van der Waals surface area contributed by atoms with Crippen LogP contribution < -0.4 is 5.32 Å². The lowest BCUT2D eigenvalue weighted by atomic mass is 9.89. The zero-order valence-electron chi connectivity index (χ0n) is 13.9. The van der Waals surface area contributed by atoms with Gasteiger partial charge >= 0.3 is 0 Å². The Morgan fingerprint density at radius 2 is 2.25 bits per heavy atom. The summed E-state index contributed by atoms with van der Waals surface area (Å²) in [4.78, 5) is 29.7. The summed E-state index contributed by atoms with van der Waals surface area (Å²) in [6.45, 7) is 1.80. The number of carbonyl (C=O) groups excluding carboxylic acids is 2. The van der Waals surface area contributed by atoms with E-state index >= 15 is 0 Å². The highest BCUT2D eigenvalue weighted by molar-refractivity contribution is 5.94. The number of piperidine rings is 1. The molecule has 0 aromatic carbocycles. The smallest absolute Gasteiger partial charge is 0.254 e. The zero-order chi connectivity index (χ0) is 17.0. The van der Waals surface area contributed by atoms with Crippen LogP contribution in [0.4, 0.5) is 0 Å². The molecule has 24 heavy (non-hydrogen) atoms. The minimum atomic E-state index is -0.353. The van der Waals surface area contributed by atoms with Crippen molar-refractivity contribution in [3.8, 4) is 0 Å². The Balaban J connectivity index is 1.59. The van der Waals surface area contributed by atoms with Gasteiger partial charge in [-0.3, -0.25) is 14.6 Å². The van der Waals surface area contributed by atoms with Gasteiger partial charge in [0.2, 0.25) is 5.91 Å². The van der Waals surface area contributed by atoms with Gasteiger partial charge in [0, 0.05) is 38.0 Å². The van der Waals surface area contributed by atoms with Crippen molar-refractivity contribution in [2.75, 3.05) is 33.4 Å². The summed E-state index contributed by atoms with van der Waals surface area (Å²) >= 11 is 0. The molecule has 1 aromatic rings. The maximum atomic E-state index is 12.6. The highest BCUT2D eigenvalue weighted by Crippen LogP contribution is 2.36. The predicted octanol–water partition coefficient (Wildman–Crippen LogP) is 0.608. The van der Waals surface area contributed by atoms with Crippen LogP contribution in [0, 0.1) is 0 Å². The van der Waals surface area contributed by atoms with Gasteiger partial charge in [0.1, 0.15) is 6.61 Å². The first kappa shape index (κ1) is 16.9. The van der Waals surface area contributed by atoms with E-state index in [0.717, 1.165) is 19.4 Å². The molecule has 1 aromatic heterocycles. The van der Waals surface area contributed by atoms with Crippen LogP contribution in [0.5, 0.6) is 0 Å². The van der Waals surface area contributed by atoms with Crippen molar-refractivity contribution < 1.29 is 19.1 Å². The molecule has 2 amide bonds. The molecule has 7 nitrogen and oxygen atoms in total. The third kappa shape index (κ3) is 3.73. The van der Waals surface area contributed by atoms with Crippen molar-refractivity contribution in [1.29, 1.82) is 0 Å². The summed E-state index contributed by atoms with van der Waals surface area (Å²) < 4.78 is 11.6. The molecular formula is C17H23N3O4. The van der Waals surface area contributed by atoms with Gasteiger partial charge in [0.15, 0.2) is 0 Å². The summed E-state index contributed by atoms with van der Waals surface area (Å²) in [6.07, 6.45) is 5.68.